The number of nitrogens with one attached hydrogen (secondary N) is 1. The highest BCUT2D eigenvalue weighted by Crippen LogP contribution is 2.16. The van der Waals surface area contributed by atoms with Crippen LogP contribution in [0, 0.1) is 0 Å². The third-order valence-electron chi connectivity index (χ3n) is 3.59. The van der Waals surface area contributed by atoms with Crippen LogP contribution >= 0.6 is 0 Å². The Balaban J connectivity index is 1.72. The van der Waals surface area contributed by atoms with E-state index >= 15 is 0 Å². The van der Waals surface area contributed by atoms with E-state index in [1.807, 2.05) is 19.1 Å². The molecule has 1 saturated heterocycles. The van der Waals surface area contributed by atoms with Crippen molar-refractivity contribution in [3.8, 4) is 5.75 Å². The van der Waals surface area contributed by atoms with Gasteiger partial charge in [-0.1, -0.05) is 12.1 Å². The predicted octanol–water partition coefficient (Wildman–Crippen LogP) is 2.72. The molecular formula is C16H25NO3. The summed E-state index contributed by atoms with van der Waals surface area (Å²) in [6, 6.07) is 8.51. The molecule has 20 heavy (non-hydrogen) atoms. The molecule has 1 aromatic rings. The fraction of sp³-hybridized carbons (Fsp3) is 0.625. The first-order valence-electron chi connectivity index (χ1n) is 7.44. The average molecular weight is 279 g/mol. The highest BCUT2D eigenvalue weighted by molar-refractivity contribution is 5.27. The zero-order valence-electron chi connectivity index (χ0n) is 12.4. The van der Waals surface area contributed by atoms with E-state index in [1.54, 1.807) is 0 Å². The van der Waals surface area contributed by atoms with Gasteiger partial charge in [-0.15, -0.1) is 0 Å². The van der Waals surface area contributed by atoms with Gasteiger partial charge in [0.15, 0.2) is 6.79 Å². The second-order valence-corrected chi connectivity index (χ2v) is 5.12. The van der Waals surface area contributed by atoms with Crippen LogP contribution in [0.15, 0.2) is 24.3 Å². The Labute approximate surface area is 121 Å². The second kappa shape index (κ2) is 8.25. The van der Waals surface area contributed by atoms with Crippen molar-refractivity contribution in [1.82, 2.24) is 5.32 Å². The highest BCUT2D eigenvalue weighted by atomic mass is 16.7. The van der Waals surface area contributed by atoms with E-state index < -0.39 is 0 Å². The first-order chi connectivity index (χ1) is 9.79. The Morgan fingerprint density at radius 1 is 1.35 bits per heavy atom. The van der Waals surface area contributed by atoms with Crippen molar-refractivity contribution in [1.29, 1.82) is 0 Å². The largest absolute Gasteiger partial charge is 0.468 e. The van der Waals surface area contributed by atoms with E-state index in [4.69, 9.17) is 14.2 Å². The van der Waals surface area contributed by atoms with E-state index in [2.05, 4.69) is 24.4 Å². The topological polar surface area (TPSA) is 39.7 Å². The van der Waals surface area contributed by atoms with Gasteiger partial charge in [0, 0.05) is 25.8 Å². The van der Waals surface area contributed by atoms with Crippen LogP contribution in [-0.4, -0.2) is 32.2 Å². The molecule has 4 heteroatoms. The van der Waals surface area contributed by atoms with Crippen molar-refractivity contribution in [3.63, 3.8) is 0 Å². The first kappa shape index (κ1) is 15.3. The molecule has 0 radical (unpaired) electrons. The third kappa shape index (κ3) is 4.78. The Bertz CT molecular complexity index is 374. The Kier molecular flexibility index (Phi) is 6.30. The smallest absolute Gasteiger partial charge is 0.189 e. The summed E-state index contributed by atoms with van der Waals surface area (Å²) in [6.07, 6.45) is 2.71. The zero-order valence-corrected chi connectivity index (χ0v) is 12.4. The summed E-state index contributed by atoms with van der Waals surface area (Å²) in [7, 11) is 0. The average Bonchev–Trinajstić information content (AvgIpc) is 3.01. The maximum absolute atomic E-state index is 5.68. The van der Waals surface area contributed by atoms with E-state index in [1.165, 1.54) is 18.4 Å². The van der Waals surface area contributed by atoms with Gasteiger partial charge in [-0.25, -0.2) is 0 Å². The zero-order chi connectivity index (χ0) is 14.2. The normalized spacial score (nSPS) is 20.0. The first-order valence-corrected chi connectivity index (χ1v) is 7.44. The Hall–Kier alpha value is -1.10. The molecule has 112 valence electrons. The highest BCUT2D eigenvalue weighted by Gasteiger charge is 2.21. The lowest BCUT2D eigenvalue weighted by molar-refractivity contribution is 0.0224. The molecule has 0 amide bonds. The molecule has 1 aromatic carbocycles. The van der Waals surface area contributed by atoms with Crippen LogP contribution in [0.5, 0.6) is 5.75 Å². The molecule has 2 atom stereocenters. The van der Waals surface area contributed by atoms with Crippen LogP contribution in [-0.2, 0) is 16.0 Å². The molecule has 0 unspecified atom stereocenters. The Morgan fingerprint density at radius 3 is 2.80 bits per heavy atom. The van der Waals surface area contributed by atoms with Gasteiger partial charge in [0.25, 0.3) is 0 Å². The number of ether oxygens (including phenoxy) is 3. The van der Waals surface area contributed by atoms with Gasteiger partial charge >= 0.3 is 0 Å². The Morgan fingerprint density at radius 2 is 2.15 bits per heavy atom. The van der Waals surface area contributed by atoms with E-state index in [0.29, 0.717) is 25.5 Å². The molecule has 1 heterocycles. The molecular weight excluding hydrogens is 254 g/mol. The molecule has 0 spiro atoms. The van der Waals surface area contributed by atoms with Crippen molar-refractivity contribution in [3.05, 3.63) is 29.8 Å². The van der Waals surface area contributed by atoms with Crippen LogP contribution in [0.1, 0.15) is 32.3 Å². The lowest BCUT2D eigenvalue weighted by Crippen LogP contribution is -2.36. The molecule has 0 aliphatic carbocycles. The fourth-order valence-corrected chi connectivity index (χ4v) is 2.30. The van der Waals surface area contributed by atoms with Crippen LogP contribution < -0.4 is 10.1 Å². The van der Waals surface area contributed by atoms with Gasteiger partial charge in [0.1, 0.15) is 5.75 Å². The summed E-state index contributed by atoms with van der Waals surface area (Å²) in [5.74, 6) is 0.842. The van der Waals surface area contributed by atoms with Crippen molar-refractivity contribution >= 4 is 0 Å². The molecule has 1 fully saturated rings. The van der Waals surface area contributed by atoms with Gasteiger partial charge in [-0.2, -0.15) is 0 Å². The summed E-state index contributed by atoms with van der Waals surface area (Å²) in [4.78, 5) is 0. The minimum atomic E-state index is 0.310. The monoisotopic (exact) mass is 279 g/mol. The third-order valence-corrected chi connectivity index (χ3v) is 3.59. The molecule has 1 aliphatic heterocycles. The lowest BCUT2D eigenvalue weighted by Gasteiger charge is -2.20. The summed E-state index contributed by atoms with van der Waals surface area (Å²) in [5.41, 5.74) is 1.25. The predicted molar refractivity (Wildman–Crippen MR) is 78.8 cm³/mol. The van der Waals surface area contributed by atoms with E-state index in [9.17, 15) is 0 Å². The van der Waals surface area contributed by atoms with Crippen molar-refractivity contribution < 1.29 is 14.2 Å². The molecule has 2 rings (SSSR count). The number of hydrogen-bond donors (Lipinski definition) is 1. The molecule has 0 aromatic heterocycles. The summed E-state index contributed by atoms with van der Waals surface area (Å²) in [6.45, 7) is 6.88. The lowest BCUT2D eigenvalue weighted by atomic mass is 10.1. The van der Waals surface area contributed by atoms with E-state index in [-0.39, 0.29) is 0 Å². The molecule has 4 nitrogen and oxygen atoms in total. The summed E-state index contributed by atoms with van der Waals surface area (Å²) >= 11 is 0. The molecule has 0 saturated carbocycles. The number of rotatable bonds is 8. The fourth-order valence-electron chi connectivity index (χ4n) is 2.30. The number of benzene rings is 1. The second-order valence-electron chi connectivity index (χ2n) is 5.12. The number of hydrogen-bond acceptors (Lipinski definition) is 4. The van der Waals surface area contributed by atoms with Gasteiger partial charge in [0.2, 0.25) is 0 Å². The van der Waals surface area contributed by atoms with Crippen LogP contribution in [0.2, 0.25) is 0 Å². The van der Waals surface area contributed by atoms with Gasteiger partial charge in [0.05, 0.1) is 6.10 Å². The molecule has 1 N–H and O–H groups in total. The maximum atomic E-state index is 5.68. The van der Waals surface area contributed by atoms with Crippen LogP contribution in [0.4, 0.5) is 0 Å². The van der Waals surface area contributed by atoms with Gasteiger partial charge in [-0.3, -0.25) is 0 Å². The van der Waals surface area contributed by atoms with Crippen molar-refractivity contribution in [2.45, 2.75) is 45.4 Å². The maximum Gasteiger partial charge on any atom is 0.189 e. The van der Waals surface area contributed by atoms with Crippen molar-refractivity contribution in [2.75, 3.05) is 20.0 Å². The van der Waals surface area contributed by atoms with E-state index in [0.717, 1.165) is 18.9 Å². The van der Waals surface area contributed by atoms with Crippen molar-refractivity contribution in [2.24, 2.45) is 0 Å². The summed E-state index contributed by atoms with van der Waals surface area (Å²) in [5, 5.41) is 3.52. The van der Waals surface area contributed by atoms with Gasteiger partial charge in [-0.05, 0) is 44.4 Å². The quantitative estimate of drug-likeness (QED) is 0.587. The van der Waals surface area contributed by atoms with Gasteiger partial charge < -0.3 is 19.5 Å². The van der Waals surface area contributed by atoms with Crippen LogP contribution in [0.3, 0.4) is 0 Å². The minimum absolute atomic E-state index is 0.310. The van der Waals surface area contributed by atoms with Crippen LogP contribution in [0.25, 0.3) is 0 Å². The molecule has 1 aliphatic rings. The SMILES string of the molecule is CCOCOc1ccc(CN[C@H](C)[C@H]2CCCO2)cc1. The summed E-state index contributed by atoms with van der Waals surface area (Å²) < 4.78 is 16.3. The minimum Gasteiger partial charge on any atom is -0.468 e. The molecule has 0 bridgehead atoms. The standard InChI is InChI=1S/C16H25NO3/c1-3-18-12-20-15-8-6-14(7-9-15)11-17-13(2)16-5-4-10-19-16/h6-9,13,16-17H,3-5,10-12H2,1-2H3/t13-,16-/m1/s1.